The monoisotopic (exact) mass is 281 g/mol. The Morgan fingerprint density at radius 2 is 1.86 bits per heavy atom. The second-order valence-electron chi connectivity index (χ2n) is 4.59. The molecule has 106 valence electrons. The zero-order valence-electron chi connectivity index (χ0n) is 11.5. The van der Waals surface area contributed by atoms with E-state index >= 15 is 0 Å². The van der Waals surface area contributed by atoms with Crippen molar-refractivity contribution >= 4 is 23.6 Å². The van der Waals surface area contributed by atoms with Crippen LogP contribution in [0.5, 0.6) is 0 Å². The van der Waals surface area contributed by atoms with Gasteiger partial charge in [-0.1, -0.05) is 42.0 Å². The van der Waals surface area contributed by atoms with Gasteiger partial charge in [0, 0.05) is 6.08 Å². The number of aromatic carboxylic acids is 1. The predicted octanol–water partition coefficient (Wildman–Crippen LogP) is 3.35. The van der Waals surface area contributed by atoms with Gasteiger partial charge in [0.2, 0.25) is 5.91 Å². The third-order valence-corrected chi connectivity index (χ3v) is 2.88. The van der Waals surface area contributed by atoms with Crippen LogP contribution in [0.25, 0.3) is 6.08 Å². The molecule has 0 unspecified atom stereocenters. The summed E-state index contributed by atoms with van der Waals surface area (Å²) in [5, 5.41) is 11.6. The number of hydrogen-bond donors (Lipinski definition) is 2. The standard InChI is InChI=1S/C17H15NO3/c1-12-5-4-6-13(11-12)9-10-16(19)18-15-8-3-2-7-14(15)17(20)21/h2-11H,1H3,(H,18,19)(H,20,21)/b10-9+. The van der Waals surface area contributed by atoms with E-state index in [1.807, 2.05) is 31.2 Å². The van der Waals surface area contributed by atoms with Crippen molar-refractivity contribution in [1.29, 1.82) is 0 Å². The van der Waals surface area contributed by atoms with Gasteiger partial charge in [0.05, 0.1) is 11.3 Å². The number of nitrogens with one attached hydrogen (secondary N) is 1. The molecule has 2 N–H and O–H groups in total. The molecular weight excluding hydrogens is 266 g/mol. The number of carbonyl (C=O) groups excluding carboxylic acids is 1. The summed E-state index contributed by atoms with van der Waals surface area (Å²) < 4.78 is 0. The average molecular weight is 281 g/mol. The minimum Gasteiger partial charge on any atom is -0.478 e. The molecule has 0 aliphatic heterocycles. The lowest BCUT2D eigenvalue weighted by Crippen LogP contribution is -2.11. The van der Waals surface area contributed by atoms with Gasteiger partial charge in [0.15, 0.2) is 0 Å². The first-order valence-electron chi connectivity index (χ1n) is 6.44. The number of amides is 1. The van der Waals surface area contributed by atoms with Crippen LogP contribution in [0.4, 0.5) is 5.69 Å². The van der Waals surface area contributed by atoms with Crippen LogP contribution in [-0.4, -0.2) is 17.0 Å². The first kappa shape index (κ1) is 14.5. The highest BCUT2D eigenvalue weighted by Crippen LogP contribution is 2.15. The van der Waals surface area contributed by atoms with Crippen LogP contribution in [0.3, 0.4) is 0 Å². The highest BCUT2D eigenvalue weighted by Gasteiger charge is 2.09. The van der Waals surface area contributed by atoms with Crippen LogP contribution in [0.2, 0.25) is 0 Å². The van der Waals surface area contributed by atoms with E-state index in [1.165, 1.54) is 12.1 Å². The highest BCUT2D eigenvalue weighted by molar-refractivity contribution is 6.06. The Morgan fingerprint density at radius 3 is 2.57 bits per heavy atom. The van der Waals surface area contributed by atoms with Crippen molar-refractivity contribution in [2.75, 3.05) is 5.32 Å². The molecule has 2 aromatic carbocycles. The molecule has 1 amide bonds. The molecule has 0 aliphatic carbocycles. The fraction of sp³-hybridized carbons (Fsp3) is 0.0588. The minimum absolute atomic E-state index is 0.0646. The largest absolute Gasteiger partial charge is 0.478 e. The lowest BCUT2D eigenvalue weighted by Gasteiger charge is -2.05. The topological polar surface area (TPSA) is 66.4 Å². The van der Waals surface area contributed by atoms with Crippen molar-refractivity contribution < 1.29 is 14.7 Å². The van der Waals surface area contributed by atoms with Crippen LogP contribution >= 0.6 is 0 Å². The molecule has 0 radical (unpaired) electrons. The molecule has 0 bridgehead atoms. The molecule has 2 aromatic rings. The first-order valence-corrected chi connectivity index (χ1v) is 6.44. The quantitative estimate of drug-likeness (QED) is 0.845. The summed E-state index contributed by atoms with van der Waals surface area (Å²) in [6.45, 7) is 1.97. The molecule has 4 heteroatoms. The van der Waals surface area contributed by atoms with Crippen molar-refractivity contribution in [3.63, 3.8) is 0 Å². The van der Waals surface area contributed by atoms with Gasteiger partial charge in [0.25, 0.3) is 0 Å². The van der Waals surface area contributed by atoms with Crippen LogP contribution in [0, 0.1) is 6.92 Å². The van der Waals surface area contributed by atoms with Crippen molar-refractivity contribution in [3.8, 4) is 0 Å². The summed E-state index contributed by atoms with van der Waals surface area (Å²) in [6, 6.07) is 14.0. The minimum atomic E-state index is -1.08. The summed E-state index contributed by atoms with van der Waals surface area (Å²) in [7, 11) is 0. The third kappa shape index (κ3) is 4.04. The average Bonchev–Trinajstić information content (AvgIpc) is 2.45. The van der Waals surface area contributed by atoms with E-state index in [4.69, 9.17) is 5.11 Å². The van der Waals surface area contributed by atoms with Crippen LogP contribution in [-0.2, 0) is 4.79 Å². The summed E-state index contributed by atoms with van der Waals surface area (Å²) in [4.78, 5) is 22.9. The fourth-order valence-electron chi connectivity index (χ4n) is 1.90. The van der Waals surface area contributed by atoms with E-state index < -0.39 is 5.97 Å². The highest BCUT2D eigenvalue weighted by atomic mass is 16.4. The molecule has 0 fully saturated rings. The molecular formula is C17H15NO3. The molecule has 0 spiro atoms. The number of hydrogen-bond acceptors (Lipinski definition) is 2. The Morgan fingerprint density at radius 1 is 1.10 bits per heavy atom. The van der Waals surface area contributed by atoms with Gasteiger partial charge in [-0.05, 0) is 30.7 Å². The van der Waals surface area contributed by atoms with Gasteiger partial charge >= 0.3 is 5.97 Å². The number of carboxylic acids is 1. The van der Waals surface area contributed by atoms with Gasteiger partial charge < -0.3 is 10.4 Å². The van der Waals surface area contributed by atoms with Gasteiger partial charge in [-0.15, -0.1) is 0 Å². The second-order valence-corrected chi connectivity index (χ2v) is 4.59. The number of anilines is 1. The Balaban J connectivity index is 2.10. The molecule has 21 heavy (non-hydrogen) atoms. The van der Waals surface area contributed by atoms with Crippen LogP contribution in [0.1, 0.15) is 21.5 Å². The fourth-order valence-corrected chi connectivity index (χ4v) is 1.90. The van der Waals surface area contributed by atoms with Gasteiger partial charge in [-0.3, -0.25) is 4.79 Å². The number of benzene rings is 2. The first-order chi connectivity index (χ1) is 10.1. The van der Waals surface area contributed by atoms with Gasteiger partial charge in [-0.25, -0.2) is 4.79 Å². The number of para-hydroxylation sites is 1. The lowest BCUT2D eigenvalue weighted by molar-refractivity contribution is -0.111. The van der Waals surface area contributed by atoms with E-state index in [0.29, 0.717) is 0 Å². The number of aryl methyl sites for hydroxylation is 1. The van der Waals surface area contributed by atoms with Crippen LogP contribution < -0.4 is 5.32 Å². The molecule has 0 saturated heterocycles. The molecule has 0 saturated carbocycles. The predicted molar refractivity (Wildman–Crippen MR) is 82.2 cm³/mol. The maximum absolute atomic E-state index is 11.9. The summed E-state index contributed by atoms with van der Waals surface area (Å²) in [5.41, 5.74) is 2.36. The van der Waals surface area contributed by atoms with Crippen molar-refractivity contribution in [3.05, 3.63) is 71.3 Å². The lowest BCUT2D eigenvalue weighted by atomic mass is 10.1. The number of carboxylic acid groups (broad SMARTS) is 1. The van der Waals surface area contributed by atoms with E-state index in [-0.39, 0.29) is 17.2 Å². The Labute approximate surface area is 122 Å². The van der Waals surface area contributed by atoms with E-state index in [1.54, 1.807) is 24.3 Å². The summed E-state index contributed by atoms with van der Waals surface area (Å²) >= 11 is 0. The smallest absolute Gasteiger partial charge is 0.337 e. The normalized spacial score (nSPS) is 10.5. The third-order valence-electron chi connectivity index (χ3n) is 2.88. The van der Waals surface area contributed by atoms with E-state index in [2.05, 4.69) is 5.32 Å². The van der Waals surface area contributed by atoms with Crippen molar-refractivity contribution in [2.45, 2.75) is 6.92 Å². The molecule has 2 rings (SSSR count). The van der Waals surface area contributed by atoms with Crippen molar-refractivity contribution in [2.24, 2.45) is 0 Å². The molecule has 0 atom stereocenters. The number of carbonyl (C=O) groups is 2. The molecule has 4 nitrogen and oxygen atoms in total. The Kier molecular flexibility index (Phi) is 4.51. The van der Waals surface area contributed by atoms with E-state index in [0.717, 1.165) is 11.1 Å². The SMILES string of the molecule is Cc1cccc(/C=C/C(=O)Nc2ccccc2C(=O)O)c1. The zero-order chi connectivity index (χ0) is 15.2. The van der Waals surface area contributed by atoms with Crippen LogP contribution in [0.15, 0.2) is 54.6 Å². The summed E-state index contributed by atoms with van der Waals surface area (Å²) in [5.74, 6) is -1.45. The second kappa shape index (κ2) is 6.52. The van der Waals surface area contributed by atoms with Gasteiger partial charge in [-0.2, -0.15) is 0 Å². The van der Waals surface area contributed by atoms with Gasteiger partial charge in [0.1, 0.15) is 0 Å². The molecule has 0 aromatic heterocycles. The Bertz CT molecular complexity index is 705. The maximum Gasteiger partial charge on any atom is 0.337 e. The Hall–Kier alpha value is -2.88. The molecule has 0 heterocycles. The maximum atomic E-state index is 11.9. The van der Waals surface area contributed by atoms with E-state index in [9.17, 15) is 9.59 Å². The number of rotatable bonds is 4. The summed E-state index contributed by atoms with van der Waals surface area (Å²) in [6.07, 6.45) is 3.07. The molecule has 0 aliphatic rings. The van der Waals surface area contributed by atoms with Crippen molar-refractivity contribution in [1.82, 2.24) is 0 Å². The zero-order valence-corrected chi connectivity index (χ0v) is 11.5.